The van der Waals surface area contributed by atoms with Crippen LogP contribution in [0.5, 0.6) is 0 Å². The number of rotatable bonds is 4. The molecule has 3 aromatic heterocycles. The van der Waals surface area contributed by atoms with Gasteiger partial charge in [0.05, 0.1) is 22.5 Å². The third-order valence-corrected chi connectivity index (χ3v) is 3.98. The van der Waals surface area contributed by atoms with Crippen molar-refractivity contribution >= 4 is 21.6 Å². The maximum absolute atomic E-state index is 4.52. The number of aromatic nitrogens is 3. The maximum Gasteiger partial charge on any atom is 0.0809 e. The van der Waals surface area contributed by atoms with Gasteiger partial charge in [0.1, 0.15) is 0 Å². The number of fused-ring (bicyclic) bond motifs is 1. The number of hydrogen-bond donors (Lipinski definition) is 1. The summed E-state index contributed by atoms with van der Waals surface area (Å²) in [6.45, 7) is 3.02. The van der Waals surface area contributed by atoms with E-state index in [1.54, 1.807) is 11.3 Å². The molecule has 3 heterocycles. The second kappa shape index (κ2) is 5.11. The molecule has 0 fully saturated rings. The Balaban J connectivity index is 2.03. The Kier molecular flexibility index (Phi) is 3.31. The summed E-state index contributed by atoms with van der Waals surface area (Å²) in [7, 11) is 1.94. The highest BCUT2D eigenvalue weighted by molar-refractivity contribution is 7.17. The van der Waals surface area contributed by atoms with Crippen LogP contribution in [0.15, 0.2) is 36.1 Å². The maximum atomic E-state index is 4.52. The van der Waals surface area contributed by atoms with Crippen LogP contribution in [-0.4, -0.2) is 21.3 Å². The van der Waals surface area contributed by atoms with Crippen molar-refractivity contribution in [1.82, 2.24) is 20.1 Å². The van der Waals surface area contributed by atoms with E-state index in [1.165, 1.54) is 15.8 Å². The second-order valence-corrected chi connectivity index (χ2v) is 5.46. The molecule has 3 aromatic rings. The lowest BCUT2D eigenvalue weighted by Crippen LogP contribution is -2.21. The summed E-state index contributed by atoms with van der Waals surface area (Å²) in [5, 5.41) is 9.83. The first-order valence-electron chi connectivity index (χ1n) is 6.33. The van der Waals surface area contributed by atoms with Crippen molar-refractivity contribution < 1.29 is 0 Å². The van der Waals surface area contributed by atoms with Gasteiger partial charge in [-0.15, -0.1) is 11.3 Å². The molecule has 0 saturated heterocycles. The van der Waals surface area contributed by atoms with Gasteiger partial charge >= 0.3 is 0 Å². The first-order valence-corrected chi connectivity index (χ1v) is 7.21. The lowest BCUT2D eigenvalue weighted by atomic mass is 10.0. The van der Waals surface area contributed by atoms with E-state index in [1.807, 2.05) is 30.3 Å². The fourth-order valence-corrected chi connectivity index (χ4v) is 3.03. The highest BCUT2D eigenvalue weighted by Gasteiger charge is 2.15. The average Bonchev–Trinajstić information content (AvgIpc) is 3.03. The van der Waals surface area contributed by atoms with Crippen LogP contribution < -0.4 is 5.32 Å². The minimum Gasteiger partial charge on any atom is -0.306 e. The van der Waals surface area contributed by atoms with Gasteiger partial charge in [-0.25, -0.2) is 0 Å². The van der Waals surface area contributed by atoms with Crippen molar-refractivity contribution in [2.45, 2.75) is 13.0 Å². The molecule has 0 spiro atoms. The SMILES string of the molecule is CCNC(c1cnc2ccsc2c1)c1cnn(C)c1. The van der Waals surface area contributed by atoms with Crippen LogP contribution in [0, 0.1) is 0 Å². The minimum atomic E-state index is 0.151. The molecule has 19 heavy (non-hydrogen) atoms. The zero-order chi connectivity index (χ0) is 13.2. The number of nitrogens with zero attached hydrogens (tertiary/aromatic N) is 3. The Labute approximate surface area is 116 Å². The molecule has 1 N–H and O–H groups in total. The molecule has 0 bridgehead atoms. The van der Waals surface area contributed by atoms with E-state index in [-0.39, 0.29) is 6.04 Å². The Hall–Kier alpha value is -1.72. The normalized spacial score (nSPS) is 12.9. The van der Waals surface area contributed by atoms with Crippen LogP contribution in [0.2, 0.25) is 0 Å². The molecule has 1 atom stereocenters. The lowest BCUT2D eigenvalue weighted by Gasteiger charge is -2.16. The number of pyridine rings is 1. The molecule has 4 nitrogen and oxygen atoms in total. The number of aryl methyl sites for hydroxylation is 1. The fourth-order valence-electron chi connectivity index (χ4n) is 2.24. The molecule has 0 aliphatic carbocycles. The Bertz CT molecular complexity index is 685. The molecule has 3 rings (SSSR count). The van der Waals surface area contributed by atoms with Crippen molar-refractivity contribution in [3.05, 3.63) is 47.2 Å². The summed E-state index contributed by atoms with van der Waals surface area (Å²) >= 11 is 1.73. The third-order valence-electron chi connectivity index (χ3n) is 3.12. The molecule has 0 radical (unpaired) electrons. The quantitative estimate of drug-likeness (QED) is 0.794. The molecule has 98 valence electrons. The zero-order valence-corrected chi connectivity index (χ0v) is 11.8. The summed E-state index contributed by atoms with van der Waals surface area (Å²) < 4.78 is 3.06. The number of hydrogen-bond acceptors (Lipinski definition) is 4. The predicted octanol–water partition coefficient (Wildman–Crippen LogP) is 2.73. The summed E-state index contributed by atoms with van der Waals surface area (Å²) in [5.74, 6) is 0. The molecular weight excluding hydrogens is 256 g/mol. The first kappa shape index (κ1) is 12.3. The molecule has 5 heteroatoms. The van der Waals surface area contributed by atoms with Gasteiger partial charge in [-0.05, 0) is 29.6 Å². The van der Waals surface area contributed by atoms with Gasteiger partial charge < -0.3 is 5.32 Å². The smallest absolute Gasteiger partial charge is 0.0809 e. The number of nitrogens with one attached hydrogen (secondary N) is 1. The minimum absolute atomic E-state index is 0.151. The van der Waals surface area contributed by atoms with E-state index in [4.69, 9.17) is 0 Å². The topological polar surface area (TPSA) is 42.7 Å². The summed E-state index contributed by atoms with van der Waals surface area (Å²) in [4.78, 5) is 4.52. The molecule has 1 unspecified atom stereocenters. The second-order valence-electron chi connectivity index (χ2n) is 4.51. The van der Waals surface area contributed by atoms with Crippen molar-refractivity contribution in [2.24, 2.45) is 7.05 Å². The van der Waals surface area contributed by atoms with Gasteiger partial charge in [-0.1, -0.05) is 6.92 Å². The largest absolute Gasteiger partial charge is 0.306 e. The van der Waals surface area contributed by atoms with Crippen LogP contribution in [0.1, 0.15) is 24.1 Å². The third kappa shape index (κ3) is 2.39. The summed E-state index contributed by atoms with van der Waals surface area (Å²) in [6, 6.07) is 4.42. The number of thiophene rings is 1. The zero-order valence-electron chi connectivity index (χ0n) is 11.0. The average molecular weight is 272 g/mol. The monoisotopic (exact) mass is 272 g/mol. The highest BCUT2D eigenvalue weighted by Crippen LogP contribution is 2.26. The molecule has 0 aliphatic rings. The molecule has 0 aromatic carbocycles. The predicted molar refractivity (Wildman–Crippen MR) is 78.3 cm³/mol. The first-order chi connectivity index (χ1) is 9.28. The standard InChI is InChI=1S/C14H16N4S/c1-3-15-14(11-8-17-18(2)9-11)10-6-13-12(16-7-10)4-5-19-13/h4-9,14-15H,3H2,1-2H3. The van der Waals surface area contributed by atoms with Crippen molar-refractivity contribution in [2.75, 3.05) is 6.54 Å². The highest BCUT2D eigenvalue weighted by atomic mass is 32.1. The van der Waals surface area contributed by atoms with Gasteiger partial charge in [0.2, 0.25) is 0 Å². The van der Waals surface area contributed by atoms with Gasteiger partial charge in [-0.2, -0.15) is 5.10 Å². The van der Waals surface area contributed by atoms with Gasteiger partial charge in [0.25, 0.3) is 0 Å². The fraction of sp³-hybridized carbons (Fsp3) is 0.286. The van der Waals surface area contributed by atoms with Gasteiger partial charge in [0.15, 0.2) is 0 Å². The molecule has 0 aliphatic heterocycles. The van der Waals surface area contributed by atoms with Crippen LogP contribution >= 0.6 is 11.3 Å². The van der Waals surface area contributed by atoms with Gasteiger partial charge in [-0.3, -0.25) is 9.67 Å². The van der Waals surface area contributed by atoms with E-state index in [9.17, 15) is 0 Å². The summed E-state index contributed by atoms with van der Waals surface area (Å²) in [6.07, 6.45) is 5.91. The van der Waals surface area contributed by atoms with Crippen LogP contribution in [-0.2, 0) is 7.05 Å². The van der Waals surface area contributed by atoms with Gasteiger partial charge in [0, 0.05) is 25.0 Å². The van der Waals surface area contributed by atoms with Crippen LogP contribution in [0.25, 0.3) is 10.2 Å². The Morgan fingerprint density at radius 2 is 2.26 bits per heavy atom. The summed E-state index contributed by atoms with van der Waals surface area (Å²) in [5.41, 5.74) is 3.42. The molecule has 0 amide bonds. The van der Waals surface area contributed by atoms with E-state index in [0.29, 0.717) is 0 Å². The van der Waals surface area contributed by atoms with E-state index >= 15 is 0 Å². The van der Waals surface area contributed by atoms with E-state index in [0.717, 1.165) is 12.1 Å². The van der Waals surface area contributed by atoms with Crippen molar-refractivity contribution in [3.8, 4) is 0 Å². The Morgan fingerprint density at radius 1 is 1.37 bits per heavy atom. The Morgan fingerprint density at radius 3 is 3.00 bits per heavy atom. The van der Waals surface area contributed by atoms with Crippen LogP contribution in [0.4, 0.5) is 0 Å². The lowest BCUT2D eigenvalue weighted by molar-refractivity contribution is 0.628. The molecule has 0 saturated carbocycles. The van der Waals surface area contributed by atoms with Crippen molar-refractivity contribution in [3.63, 3.8) is 0 Å². The molecular formula is C14H16N4S. The van der Waals surface area contributed by atoms with Crippen molar-refractivity contribution in [1.29, 1.82) is 0 Å². The van der Waals surface area contributed by atoms with E-state index < -0.39 is 0 Å². The van der Waals surface area contributed by atoms with Crippen LogP contribution in [0.3, 0.4) is 0 Å². The van der Waals surface area contributed by atoms with E-state index in [2.05, 4.69) is 39.8 Å².